The molecule has 4 aromatic rings. The van der Waals surface area contributed by atoms with Gasteiger partial charge in [-0.05, 0) is 67.4 Å². The Morgan fingerprint density at radius 1 is 1.22 bits per heavy atom. The first-order valence-corrected chi connectivity index (χ1v) is 12.0. The quantitative estimate of drug-likeness (QED) is 0.428. The molecule has 4 heterocycles. The SMILES string of the molecule is CC(C)(C)OC(=O)N1CCc2cc(-c3cnc(N)c(-c4nnnn4-c4cccc(F)c4F)c3)sc2C1. The molecule has 3 aromatic heterocycles. The lowest BCUT2D eigenvalue weighted by atomic mass is 10.1. The molecular weight excluding hydrogens is 488 g/mol. The van der Waals surface area contributed by atoms with Crippen LogP contribution in [0.5, 0.6) is 0 Å². The number of hydrogen-bond acceptors (Lipinski definition) is 8. The van der Waals surface area contributed by atoms with E-state index in [1.807, 2.05) is 20.8 Å². The monoisotopic (exact) mass is 511 g/mol. The predicted molar refractivity (Wildman–Crippen MR) is 130 cm³/mol. The van der Waals surface area contributed by atoms with Crippen LogP contribution in [0.2, 0.25) is 0 Å². The second-order valence-electron chi connectivity index (χ2n) is 9.35. The Hall–Kier alpha value is -3.93. The van der Waals surface area contributed by atoms with Gasteiger partial charge in [0.2, 0.25) is 0 Å². The number of rotatable bonds is 3. The smallest absolute Gasteiger partial charge is 0.410 e. The third-order valence-electron chi connectivity index (χ3n) is 5.61. The molecule has 36 heavy (non-hydrogen) atoms. The zero-order valence-corrected chi connectivity index (χ0v) is 20.6. The molecule has 5 rings (SSSR count). The van der Waals surface area contributed by atoms with E-state index in [9.17, 15) is 13.6 Å². The molecule has 0 spiro atoms. The van der Waals surface area contributed by atoms with E-state index in [0.29, 0.717) is 25.1 Å². The van der Waals surface area contributed by atoms with E-state index in [1.54, 1.807) is 28.5 Å². The van der Waals surface area contributed by atoms with E-state index >= 15 is 0 Å². The molecule has 2 N–H and O–H groups in total. The van der Waals surface area contributed by atoms with Crippen molar-refractivity contribution in [1.82, 2.24) is 30.1 Å². The molecule has 12 heteroatoms. The van der Waals surface area contributed by atoms with E-state index < -0.39 is 17.2 Å². The largest absolute Gasteiger partial charge is 0.444 e. The lowest BCUT2D eigenvalue weighted by Crippen LogP contribution is -2.39. The van der Waals surface area contributed by atoms with Crippen molar-refractivity contribution in [3.8, 4) is 27.5 Å². The van der Waals surface area contributed by atoms with Crippen LogP contribution in [0.25, 0.3) is 27.5 Å². The number of nitrogens with two attached hydrogens (primary N) is 1. The third-order valence-corrected chi connectivity index (χ3v) is 6.82. The molecule has 1 aromatic carbocycles. The first kappa shape index (κ1) is 23.8. The van der Waals surface area contributed by atoms with Gasteiger partial charge in [0.15, 0.2) is 17.5 Å². The Bertz CT molecular complexity index is 1460. The fraction of sp³-hybridized carbons (Fsp3) is 0.292. The summed E-state index contributed by atoms with van der Waals surface area (Å²) in [4.78, 5) is 20.5. The van der Waals surface area contributed by atoms with Gasteiger partial charge in [-0.2, -0.15) is 4.68 Å². The second kappa shape index (κ2) is 8.94. The fourth-order valence-corrected chi connectivity index (χ4v) is 5.12. The molecule has 0 fully saturated rings. The summed E-state index contributed by atoms with van der Waals surface area (Å²) in [5, 5.41) is 11.5. The van der Waals surface area contributed by atoms with Crippen LogP contribution in [0, 0.1) is 11.6 Å². The molecule has 0 bridgehead atoms. The number of anilines is 1. The summed E-state index contributed by atoms with van der Waals surface area (Å²) >= 11 is 1.55. The van der Waals surface area contributed by atoms with Gasteiger partial charge in [-0.3, -0.25) is 0 Å². The maximum Gasteiger partial charge on any atom is 0.410 e. The minimum Gasteiger partial charge on any atom is -0.444 e. The maximum absolute atomic E-state index is 14.4. The number of ether oxygens (including phenoxy) is 1. The Kier molecular flexibility index (Phi) is 5.91. The normalized spacial score (nSPS) is 13.5. The van der Waals surface area contributed by atoms with Crippen molar-refractivity contribution >= 4 is 23.2 Å². The highest BCUT2D eigenvalue weighted by Gasteiger charge is 2.27. The van der Waals surface area contributed by atoms with Gasteiger partial charge < -0.3 is 15.4 Å². The maximum atomic E-state index is 14.4. The van der Waals surface area contributed by atoms with Crippen LogP contribution in [-0.4, -0.2) is 48.3 Å². The molecule has 1 aliphatic heterocycles. The van der Waals surface area contributed by atoms with Gasteiger partial charge in [-0.1, -0.05) is 6.07 Å². The molecule has 1 amide bonds. The van der Waals surface area contributed by atoms with Crippen molar-refractivity contribution in [2.24, 2.45) is 0 Å². The van der Waals surface area contributed by atoms with Crippen LogP contribution < -0.4 is 5.73 Å². The van der Waals surface area contributed by atoms with Crippen molar-refractivity contribution in [3.05, 3.63) is 58.6 Å². The number of carbonyl (C=O) groups excluding carboxylic acids is 1. The summed E-state index contributed by atoms with van der Waals surface area (Å²) in [7, 11) is 0. The van der Waals surface area contributed by atoms with Crippen LogP contribution in [0.15, 0.2) is 36.5 Å². The fourth-order valence-electron chi connectivity index (χ4n) is 3.91. The summed E-state index contributed by atoms with van der Waals surface area (Å²) in [6.07, 6.45) is 2.01. The lowest BCUT2D eigenvalue weighted by Gasteiger charge is -2.29. The summed E-state index contributed by atoms with van der Waals surface area (Å²) in [5.74, 6) is -1.82. The number of fused-ring (bicyclic) bond motifs is 1. The van der Waals surface area contributed by atoms with E-state index in [0.717, 1.165) is 31.6 Å². The van der Waals surface area contributed by atoms with Gasteiger partial charge in [0.25, 0.3) is 0 Å². The van der Waals surface area contributed by atoms with Gasteiger partial charge in [0.1, 0.15) is 17.1 Å². The standard InChI is InChI=1S/C24H23F2N7O2S/c1-24(2,3)35-23(34)32-8-7-13-10-18(36-19(13)12-32)14-9-15(21(27)28-11-14)22-29-30-31-33(22)17-6-4-5-16(25)20(17)26/h4-6,9-11H,7-8,12H2,1-3H3,(H2,27,28). The highest BCUT2D eigenvalue weighted by molar-refractivity contribution is 7.15. The molecule has 0 aliphatic carbocycles. The molecule has 0 saturated heterocycles. The topological polar surface area (TPSA) is 112 Å². The minimum atomic E-state index is -1.07. The first-order chi connectivity index (χ1) is 17.1. The van der Waals surface area contributed by atoms with E-state index in [-0.39, 0.29) is 23.4 Å². The number of tetrazole rings is 1. The number of nitrogen functional groups attached to an aromatic ring is 1. The Balaban J connectivity index is 1.47. The summed E-state index contributed by atoms with van der Waals surface area (Å²) in [6, 6.07) is 7.59. The van der Waals surface area contributed by atoms with E-state index in [2.05, 4.69) is 26.6 Å². The van der Waals surface area contributed by atoms with Crippen LogP contribution in [-0.2, 0) is 17.7 Å². The molecule has 0 radical (unpaired) electrons. The molecular formula is C24H23F2N7O2S. The number of thiophene rings is 1. The number of aromatic nitrogens is 5. The molecule has 186 valence electrons. The highest BCUT2D eigenvalue weighted by atomic mass is 32.1. The Morgan fingerprint density at radius 2 is 2.03 bits per heavy atom. The van der Waals surface area contributed by atoms with E-state index in [1.165, 1.54) is 12.1 Å². The molecule has 9 nitrogen and oxygen atoms in total. The number of carbonyl (C=O) groups is 1. The zero-order chi connectivity index (χ0) is 25.6. The predicted octanol–water partition coefficient (Wildman–Crippen LogP) is 4.61. The number of halogens is 2. The van der Waals surface area contributed by atoms with Crippen LogP contribution in [0.1, 0.15) is 31.2 Å². The molecule has 0 atom stereocenters. The van der Waals surface area contributed by atoms with Gasteiger partial charge in [-0.25, -0.2) is 18.6 Å². The van der Waals surface area contributed by atoms with Crippen molar-refractivity contribution in [1.29, 1.82) is 0 Å². The van der Waals surface area contributed by atoms with Crippen molar-refractivity contribution in [2.45, 2.75) is 39.3 Å². The molecule has 0 saturated carbocycles. The van der Waals surface area contributed by atoms with Crippen LogP contribution in [0.3, 0.4) is 0 Å². The van der Waals surface area contributed by atoms with Crippen LogP contribution >= 0.6 is 11.3 Å². The molecule has 0 unspecified atom stereocenters. The average Bonchev–Trinajstić information content (AvgIpc) is 3.47. The lowest BCUT2D eigenvalue weighted by molar-refractivity contribution is 0.0226. The van der Waals surface area contributed by atoms with Gasteiger partial charge in [0, 0.05) is 28.1 Å². The Labute approximate surface area is 209 Å². The van der Waals surface area contributed by atoms with Crippen molar-refractivity contribution < 1.29 is 18.3 Å². The summed E-state index contributed by atoms with van der Waals surface area (Å²) in [5.41, 5.74) is 7.72. The molecule has 1 aliphatic rings. The highest BCUT2D eigenvalue weighted by Crippen LogP contribution is 2.37. The zero-order valence-electron chi connectivity index (χ0n) is 19.8. The van der Waals surface area contributed by atoms with Gasteiger partial charge >= 0.3 is 6.09 Å². The minimum absolute atomic E-state index is 0.128. The summed E-state index contributed by atoms with van der Waals surface area (Å²) in [6.45, 7) is 6.55. The van der Waals surface area contributed by atoms with Crippen LogP contribution in [0.4, 0.5) is 19.4 Å². The number of hydrogen-bond donors (Lipinski definition) is 1. The number of nitrogens with zero attached hydrogens (tertiary/aromatic N) is 6. The first-order valence-electron chi connectivity index (χ1n) is 11.2. The second-order valence-corrected chi connectivity index (χ2v) is 10.5. The van der Waals surface area contributed by atoms with E-state index in [4.69, 9.17) is 10.5 Å². The average molecular weight is 512 g/mol. The Morgan fingerprint density at radius 3 is 2.81 bits per heavy atom. The number of amides is 1. The third kappa shape index (κ3) is 4.51. The number of benzene rings is 1. The van der Waals surface area contributed by atoms with Gasteiger partial charge in [-0.15, -0.1) is 16.4 Å². The van der Waals surface area contributed by atoms with Gasteiger partial charge in [0.05, 0.1) is 12.1 Å². The van der Waals surface area contributed by atoms with Crippen molar-refractivity contribution in [2.75, 3.05) is 12.3 Å². The number of pyridine rings is 1. The van der Waals surface area contributed by atoms with Crippen molar-refractivity contribution in [3.63, 3.8) is 0 Å². The summed E-state index contributed by atoms with van der Waals surface area (Å²) < 4.78 is 34.9.